The summed E-state index contributed by atoms with van der Waals surface area (Å²) in [5.41, 5.74) is -2.85. The van der Waals surface area contributed by atoms with E-state index in [0.29, 0.717) is 18.4 Å². The molecule has 43 heavy (non-hydrogen) atoms. The molecule has 3 heterocycles. The SMILES string of the molecule is C[C@]1(COC(=O)C2CC2)[C@H]2C[C@H](O)[C@@]3(C)Oc4cc(-c5cccnc5)oc(=O)c4[C@H](O)[C@@H]3[C@@]2(C)CC[C@@H]1OC(=O)C1CC1. The molecule has 4 fully saturated rings. The number of hydrogen-bond acceptors (Lipinski definition) is 10. The molecule has 7 rings (SSSR count). The van der Waals surface area contributed by atoms with Crippen molar-refractivity contribution in [2.75, 3.05) is 6.61 Å². The Morgan fingerprint density at radius 2 is 1.79 bits per heavy atom. The molecule has 0 radical (unpaired) electrons. The van der Waals surface area contributed by atoms with Crippen LogP contribution >= 0.6 is 0 Å². The van der Waals surface area contributed by atoms with Gasteiger partial charge < -0.3 is 28.8 Å². The van der Waals surface area contributed by atoms with Crippen LogP contribution in [-0.4, -0.2) is 51.6 Å². The van der Waals surface area contributed by atoms with Crippen molar-refractivity contribution in [3.8, 4) is 17.1 Å². The lowest BCUT2D eigenvalue weighted by Gasteiger charge is -2.66. The average molecular weight is 594 g/mol. The molecular weight excluding hydrogens is 554 g/mol. The van der Waals surface area contributed by atoms with Crippen LogP contribution in [0.2, 0.25) is 0 Å². The van der Waals surface area contributed by atoms with E-state index >= 15 is 0 Å². The third-order valence-corrected chi connectivity index (χ3v) is 11.2. The standard InChI is InChI=1S/C33H39NO9/c1-31-11-10-24(42-29(38)18-8-9-18)32(2,16-40-28(37)17-6-7-17)22(31)14-23(35)33(3)27(31)26(36)25-21(43-33)13-20(41-30(25)39)19-5-4-12-34-15-19/h4-5,12-13,15,17-18,22-24,26-27,35-36H,6-11,14,16H2,1-3H3/t22-,23-,24-,26-,27+,31-,32-,33+/m0/s1. The molecule has 2 aromatic heterocycles. The third kappa shape index (κ3) is 4.51. The van der Waals surface area contributed by atoms with E-state index in [2.05, 4.69) is 11.9 Å². The van der Waals surface area contributed by atoms with E-state index in [1.54, 1.807) is 37.5 Å². The maximum Gasteiger partial charge on any atom is 0.345 e. The van der Waals surface area contributed by atoms with E-state index in [1.165, 1.54) is 0 Å². The maximum atomic E-state index is 13.4. The molecular formula is C33H39NO9. The maximum absolute atomic E-state index is 13.4. The van der Waals surface area contributed by atoms with Crippen molar-refractivity contribution in [1.29, 1.82) is 0 Å². The van der Waals surface area contributed by atoms with Crippen molar-refractivity contribution in [2.45, 2.75) is 89.6 Å². The van der Waals surface area contributed by atoms with Crippen molar-refractivity contribution in [3.63, 3.8) is 0 Å². The molecule has 1 aliphatic heterocycles. The van der Waals surface area contributed by atoms with E-state index in [9.17, 15) is 24.6 Å². The lowest BCUT2D eigenvalue weighted by atomic mass is 9.42. The molecule has 0 bridgehead atoms. The highest BCUT2D eigenvalue weighted by Gasteiger charge is 2.70. The van der Waals surface area contributed by atoms with E-state index in [-0.39, 0.29) is 59.8 Å². The van der Waals surface area contributed by atoms with Gasteiger partial charge in [-0.15, -0.1) is 0 Å². The predicted molar refractivity (Wildman–Crippen MR) is 152 cm³/mol. The largest absolute Gasteiger partial charge is 0.484 e. The first-order chi connectivity index (χ1) is 20.5. The van der Waals surface area contributed by atoms with Gasteiger partial charge in [0, 0.05) is 35.4 Å². The van der Waals surface area contributed by atoms with Gasteiger partial charge in [0.05, 0.1) is 24.0 Å². The molecule has 5 aliphatic rings. The van der Waals surface area contributed by atoms with Gasteiger partial charge in [-0.3, -0.25) is 14.6 Å². The number of ether oxygens (including phenoxy) is 3. The zero-order chi connectivity index (χ0) is 30.3. The minimum atomic E-state index is -1.29. The number of carbonyl (C=O) groups is 2. The van der Waals surface area contributed by atoms with Gasteiger partial charge in [0.2, 0.25) is 0 Å². The summed E-state index contributed by atoms with van der Waals surface area (Å²) in [5.74, 6) is -1.26. The first-order valence-corrected chi connectivity index (χ1v) is 15.5. The second kappa shape index (κ2) is 9.89. The van der Waals surface area contributed by atoms with Crippen LogP contribution in [0.25, 0.3) is 11.3 Å². The van der Waals surface area contributed by atoms with E-state index in [0.717, 1.165) is 25.7 Å². The summed E-state index contributed by atoms with van der Waals surface area (Å²) < 4.78 is 24.2. The Morgan fingerprint density at radius 3 is 2.47 bits per heavy atom. The first-order valence-electron chi connectivity index (χ1n) is 15.5. The van der Waals surface area contributed by atoms with E-state index < -0.39 is 46.3 Å². The molecule has 0 aromatic carbocycles. The highest BCUT2D eigenvalue weighted by Crippen LogP contribution is 2.67. The Balaban J connectivity index is 1.27. The number of rotatable bonds is 6. The summed E-state index contributed by atoms with van der Waals surface area (Å²) in [7, 11) is 0. The van der Waals surface area contributed by atoms with Crippen molar-refractivity contribution in [3.05, 3.63) is 46.6 Å². The van der Waals surface area contributed by atoms with Crippen molar-refractivity contribution >= 4 is 11.9 Å². The lowest BCUT2D eigenvalue weighted by Crippen LogP contribution is -2.71. The van der Waals surface area contributed by atoms with Gasteiger partial charge in [-0.05, 0) is 75.3 Å². The number of esters is 2. The second-order valence-electron chi connectivity index (χ2n) is 14.1. The number of fused-ring (bicyclic) bond motifs is 4. The number of pyridine rings is 1. The highest BCUT2D eigenvalue weighted by molar-refractivity contribution is 5.75. The molecule has 10 heteroatoms. The van der Waals surface area contributed by atoms with Crippen LogP contribution < -0.4 is 10.4 Å². The van der Waals surface area contributed by atoms with Crippen molar-refractivity contribution in [1.82, 2.24) is 4.98 Å². The summed E-state index contributed by atoms with van der Waals surface area (Å²) in [6.45, 7) is 5.84. The number of aromatic nitrogens is 1. The monoisotopic (exact) mass is 593 g/mol. The fourth-order valence-electron chi connectivity index (χ4n) is 8.45. The molecule has 4 aliphatic carbocycles. The topological polar surface area (TPSA) is 145 Å². The smallest absolute Gasteiger partial charge is 0.345 e. The van der Waals surface area contributed by atoms with Gasteiger partial charge in [-0.2, -0.15) is 0 Å². The lowest BCUT2D eigenvalue weighted by molar-refractivity contribution is -0.267. The van der Waals surface area contributed by atoms with Gasteiger partial charge in [0.25, 0.3) is 0 Å². The number of nitrogens with zero attached hydrogens (tertiary/aromatic N) is 1. The molecule has 0 unspecified atom stereocenters. The summed E-state index contributed by atoms with van der Waals surface area (Å²) in [5, 5.41) is 23.8. The molecule has 0 saturated heterocycles. The molecule has 4 saturated carbocycles. The van der Waals surface area contributed by atoms with Gasteiger partial charge >= 0.3 is 17.6 Å². The van der Waals surface area contributed by atoms with Crippen LogP contribution in [0.3, 0.4) is 0 Å². The summed E-state index contributed by atoms with van der Waals surface area (Å²) in [6, 6.07) is 5.06. The number of carbonyl (C=O) groups excluding carboxylic acids is 2. The van der Waals surface area contributed by atoms with Crippen molar-refractivity contribution < 1.29 is 38.4 Å². The molecule has 8 atom stereocenters. The average Bonchev–Trinajstić information content (AvgIpc) is 3.88. The van der Waals surface area contributed by atoms with Gasteiger partial charge in [0.1, 0.15) is 35.4 Å². The molecule has 2 aromatic rings. The number of hydrogen-bond donors (Lipinski definition) is 2. The Labute approximate surface area is 249 Å². The Morgan fingerprint density at radius 1 is 1.07 bits per heavy atom. The minimum absolute atomic E-state index is 0.0216. The van der Waals surface area contributed by atoms with E-state index in [4.69, 9.17) is 18.6 Å². The summed E-state index contributed by atoms with van der Waals surface area (Å²) in [6.07, 6.45) is 4.89. The summed E-state index contributed by atoms with van der Waals surface area (Å²) in [4.78, 5) is 43.1. The van der Waals surface area contributed by atoms with Crippen LogP contribution in [0.5, 0.6) is 5.75 Å². The number of aliphatic hydroxyl groups is 2. The number of aliphatic hydroxyl groups excluding tert-OH is 2. The van der Waals surface area contributed by atoms with Crippen LogP contribution in [0.4, 0.5) is 0 Å². The molecule has 0 spiro atoms. The predicted octanol–water partition coefficient (Wildman–Crippen LogP) is 3.96. The third-order valence-electron chi connectivity index (χ3n) is 11.2. The normalized spacial score (nSPS) is 38.1. The van der Waals surface area contributed by atoms with Gasteiger partial charge in [-0.25, -0.2) is 4.79 Å². The minimum Gasteiger partial charge on any atom is -0.484 e. The van der Waals surface area contributed by atoms with Gasteiger partial charge in [0.15, 0.2) is 0 Å². The van der Waals surface area contributed by atoms with Gasteiger partial charge in [-0.1, -0.05) is 13.8 Å². The zero-order valence-corrected chi connectivity index (χ0v) is 24.8. The molecule has 230 valence electrons. The Hall–Kier alpha value is -3.24. The molecule has 2 N–H and O–H groups in total. The van der Waals surface area contributed by atoms with E-state index in [1.807, 2.05) is 6.92 Å². The zero-order valence-electron chi connectivity index (χ0n) is 24.8. The first kappa shape index (κ1) is 28.5. The Bertz CT molecular complexity index is 1500. The fourth-order valence-corrected chi connectivity index (χ4v) is 8.45. The molecule has 0 amide bonds. The highest BCUT2D eigenvalue weighted by atomic mass is 16.6. The van der Waals surface area contributed by atoms with Crippen molar-refractivity contribution in [2.24, 2.45) is 34.5 Å². The van der Waals surface area contributed by atoms with Crippen LogP contribution in [0, 0.1) is 34.5 Å². The fraction of sp³-hybridized carbons (Fsp3) is 0.636. The van der Waals surface area contributed by atoms with Crippen LogP contribution in [0.15, 0.2) is 39.8 Å². The van der Waals surface area contributed by atoms with Crippen LogP contribution in [-0.2, 0) is 19.1 Å². The molecule has 10 nitrogen and oxygen atoms in total. The Kier molecular flexibility index (Phi) is 6.56. The van der Waals surface area contributed by atoms with Crippen LogP contribution in [0.1, 0.15) is 77.4 Å². The summed E-state index contributed by atoms with van der Waals surface area (Å²) >= 11 is 0. The quantitative estimate of drug-likeness (QED) is 0.472. The second-order valence-corrected chi connectivity index (χ2v) is 14.1.